The zero-order valence-electron chi connectivity index (χ0n) is 39.5. The Bertz CT molecular complexity index is 3270. The molecule has 256 valence electrons. The average Bonchev–Trinajstić information content (AvgIpc) is 3.60. The van der Waals surface area contributed by atoms with E-state index in [1.54, 1.807) is 0 Å². The number of rotatable bonds is 2. The maximum atomic E-state index is 7.55. The fourth-order valence-electron chi connectivity index (χ4n) is 11.4. The van der Waals surface area contributed by atoms with Crippen molar-refractivity contribution in [3.8, 4) is 22.3 Å². The van der Waals surface area contributed by atoms with Crippen LogP contribution in [0.5, 0.6) is 0 Å². The number of benzene rings is 7. The lowest BCUT2D eigenvalue weighted by Gasteiger charge is -2.30. The molecule has 1 aromatic heterocycles. The highest BCUT2D eigenvalue weighted by atomic mass is 16.3. The van der Waals surface area contributed by atoms with Gasteiger partial charge in [0, 0.05) is 16.3 Å². The molecular weight excluding hydrogens is 675 g/mol. The normalized spacial score (nSPS) is 11.9. The molecule has 0 saturated carbocycles. The molecule has 22 heteroatoms. The lowest BCUT2D eigenvalue weighted by Crippen LogP contribution is -2.55. The molecule has 0 bridgehead atoms. The van der Waals surface area contributed by atoms with Gasteiger partial charge in [0.1, 0.15) is 176 Å². The molecular formula is C36H43B21O. The minimum atomic E-state index is 1.03. The van der Waals surface area contributed by atoms with Crippen LogP contribution < -0.4 is 115 Å². The van der Waals surface area contributed by atoms with Crippen molar-refractivity contribution in [1.29, 1.82) is 0 Å². The van der Waals surface area contributed by atoms with E-state index >= 15 is 0 Å². The lowest BCUT2D eigenvalue weighted by molar-refractivity contribution is 0.673. The topological polar surface area (TPSA) is 13.1 Å². The molecule has 0 aliphatic rings. The van der Waals surface area contributed by atoms with Crippen molar-refractivity contribution < 1.29 is 4.42 Å². The quantitative estimate of drug-likeness (QED) is 0.128. The lowest BCUT2D eigenvalue weighted by atomic mass is 9.57. The van der Waals surface area contributed by atoms with Gasteiger partial charge >= 0.3 is 0 Å². The molecule has 0 aliphatic heterocycles. The van der Waals surface area contributed by atoms with Crippen LogP contribution in [0.25, 0.3) is 76.5 Å². The van der Waals surface area contributed by atoms with Gasteiger partial charge in [0.25, 0.3) is 0 Å². The third-order valence-electron chi connectivity index (χ3n) is 16.5. The molecule has 0 aliphatic carbocycles. The van der Waals surface area contributed by atoms with Crippen molar-refractivity contribution in [2.24, 2.45) is 0 Å². The first kappa shape index (κ1) is 41.2. The van der Waals surface area contributed by atoms with Crippen molar-refractivity contribution in [3.63, 3.8) is 0 Å². The summed E-state index contributed by atoms with van der Waals surface area (Å²) in [6, 6.07) is 2.52. The predicted molar refractivity (Wildman–Crippen MR) is 329 cm³/mol. The monoisotopic (exact) mass is 723 g/mol. The predicted octanol–water partition coefficient (Wildman–Crippen LogP) is -26.2. The van der Waals surface area contributed by atoms with E-state index in [1.165, 1.54) is 180 Å². The maximum absolute atomic E-state index is 7.55. The second-order valence-corrected chi connectivity index (χ2v) is 18.6. The largest absolute Gasteiger partial charge is 0.456 e. The molecule has 1 heterocycles. The summed E-state index contributed by atoms with van der Waals surface area (Å²) < 4.78 is 7.55. The third kappa shape index (κ3) is 5.14. The van der Waals surface area contributed by atoms with Crippen LogP contribution in [0, 0.1) is 0 Å². The standard InChI is InChI=1S/C36H43B21O/c37-3-1-2-4(9-20(43)32(55)34(57)33(56)21(9)44)7-8(19(42)29(52)28(51)18(7)41)6(5(2)17(40)15(3)38)12-24(47)27(50)25(48)14-13-16(39)10-11(26(49)36(13)58-35(12)14)23(46)31(54)30(53)22(10)45/h1H,37-57H2. The fourth-order valence-corrected chi connectivity index (χ4v) is 11.4. The molecule has 0 atom stereocenters. The summed E-state index contributed by atoms with van der Waals surface area (Å²) in [5.41, 5.74) is 36.0. The molecule has 7 aromatic carbocycles. The molecule has 0 amide bonds. The van der Waals surface area contributed by atoms with Crippen LogP contribution in [0.1, 0.15) is 0 Å². The van der Waals surface area contributed by atoms with E-state index in [1.807, 2.05) is 0 Å². The van der Waals surface area contributed by atoms with Crippen LogP contribution in [0.15, 0.2) is 10.5 Å². The Labute approximate surface area is 364 Å². The summed E-state index contributed by atoms with van der Waals surface area (Å²) in [6.07, 6.45) is 0. The fraction of sp³-hybridized carbons (Fsp3) is 0. The van der Waals surface area contributed by atoms with E-state index in [9.17, 15) is 0 Å². The van der Waals surface area contributed by atoms with Crippen molar-refractivity contribution in [3.05, 3.63) is 6.07 Å². The van der Waals surface area contributed by atoms with E-state index in [2.05, 4.69) is 171 Å². The first-order valence-corrected chi connectivity index (χ1v) is 21.5. The van der Waals surface area contributed by atoms with E-state index in [0.29, 0.717) is 0 Å². The molecule has 0 radical (unpaired) electrons. The van der Waals surface area contributed by atoms with E-state index in [0.717, 1.165) is 11.2 Å². The first-order chi connectivity index (χ1) is 27.1. The molecule has 0 saturated heterocycles. The number of hydrogen-bond donors (Lipinski definition) is 0. The minimum absolute atomic E-state index is 1.03. The summed E-state index contributed by atoms with van der Waals surface area (Å²) in [4.78, 5) is 0. The van der Waals surface area contributed by atoms with Gasteiger partial charge < -0.3 is 4.42 Å². The summed E-state index contributed by atoms with van der Waals surface area (Å²) >= 11 is 0. The Kier molecular flexibility index (Phi) is 9.78. The smallest absolute Gasteiger partial charge is 0.145 e. The van der Waals surface area contributed by atoms with Gasteiger partial charge in [0.05, 0.1) is 0 Å². The summed E-state index contributed by atoms with van der Waals surface area (Å²) in [5, 5.41) is 10.8. The third-order valence-corrected chi connectivity index (χ3v) is 16.5. The zero-order chi connectivity index (χ0) is 42.6. The van der Waals surface area contributed by atoms with Crippen LogP contribution in [0.3, 0.4) is 0 Å². The average molecular weight is 719 g/mol. The van der Waals surface area contributed by atoms with Crippen LogP contribution >= 0.6 is 0 Å². The molecule has 0 spiro atoms. The number of hydrogen-bond acceptors (Lipinski definition) is 1. The molecule has 0 N–H and O–H groups in total. The Morgan fingerprint density at radius 3 is 1.09 bits per heavy atom. The highest BCUT2D eigenvalue weighted by Crippen LogP contribution is 2.42. The van der Waals surface area contributed by atoms with Gasteiger partial charge in [-0.2, -0.15) is 0 Å². The van der Waals surface area contributed by atoms with Crippen molar-refractivity contribution in [2.45, 2.75) is 0 Å². The Balaban J connectivity index is 1.75. The molecule has 0 unspecified atom stereocenters. The highest BCUT2D eigenvalue weighted by Gasteiger charge is 2.30. The summed E-state index contributed by atoms with van der Waals surface area (Å²) in [7, 11) is 49.0. The Morgan fingerprint density at radius 2 is 0.569 bits per heavy atom. The van der Waals surface area contributed by atoms with Gasteiger partial charge in [0.2, 0.25) is 0 Å². The maximum Gasteiger partial charge on any atom is 0.145 e. The SMILES string of the molecule is Bc1cc2c(-c3c(B)c(B)c(B)c(B)c3B)c3c(B)c(B)c(B)c(B)c3c(-c3c(B)c(B)c(B)c4c3oc3c(B)c5c(B)c(B)c(B)c(B)c5c(B)c34)c2c(B)c1B. The van der Waals surface area contributed by atoms with E-state index in [4.69, 9.17) is 4.42 Å². The van der Waals surface area contributed by atoms with Crippen LogP contribution in [-0.4, -0.2) is 165 Å². The second kappa shape index (κ2) is 13.8. The first-order valence-electron chi connectivity index (χ1n) is 21.5. The second-order valence-electron chi connectivity index (χ2n) is 18.6. The van der Waals surface area contributed by atoms with Gasteiger partial charge in [-0.25, -0.2) is 0 Å². The van der Waals surface area contributed by atoms with E-state index < -0.39 is 0 Å². The van der Waals surface area contributed by atoms with Gasteiger partial charge in [-0.3, -0.25) is 0 Å². The van der Waals surface area contributed by atoms with Crippen LogP contribution in [-0.2, 0) is 0 Å². The molecule has 0 fully saturated rings. The van der Waals surface area contributed by atoms with Gasteiger partial charge in [0.15, 0.2) is 0 Å². The van der Waals surface area contributed by atoms with Crippen molar-refractivity contribution in [2.75, 3.05) is 0 Å². The summed E-state index contributed by atoms with van der Waals surface area (Å²) in [6.45, 7) is 0. The van der Waals surface area contributed by atoms with Gasteiger partial charge in [-0.1, -0.05) is 71.6 Å². The number of furan rings is 1. The minimum Gasteiger partial charge on any atom is -0.456 e. The van der Waals surface area contributed by atoms with Crippen LogP contribution in [0.2, 0.25) is 0 Å². The van der Waals surface area contributed by atoms with E-state index in [-0.39, 0.29) is 0 Å². The molecule has 8 aromatic rings. The summed E-state index contributed by atoms with van der Waals surface area (Å²) in [5.74, 6) is 0. The van der Waals surface area contributed by atoms with Gasteiger partial charge in [-0.05, 0) is 54.5 Å². The van der Waals surface area contributed by atoms with Gasteiger partial charge in [-0.15, -0.1) is 43.7 Å². The van der Waals surface area contributed by atoms with Crippen molar-refractivity contribution >= 4 is 334 Å². The molecule has 58 heavy (non-hydrogen) atoms. The van der Waals surface area contributed by atoms with Crippen molar-refractivity contribution in [1.82, 2.24) is 0 Å². The molecule has 8 rings (SSSR count). The Hall–Kier alpha value is -3.52. The zero-order valence-corrected chi connectivity index (χ0v) is 39.5. The number of fused-ring (bicyclic) bond motifs is 6. The highest BCUT2D eigenvalue weighted by molar-refractivity contribution is 6.75. The molecule has 1 nitrogen and oxygen atoms in total. The van der Waals surface area contributed by atoms with Crippen LogP contribution in [0.4, 0.5) is 0 Å². The Morgan fingerprint density at radius 1 is 0.224 bits per heavy atom.